The first kappa shape index (κ1) is 15.5. The Labute approximate surface area is 155 Å². The number of fused-ring (bicyclic) bond motifs is 3. The molecule has 0 spiro atoms. The molecule has 0 bridgehead atoms. The van der Waals surface area contributed by atoms with Crippen LogP contribution >= 0.6 is 0 Å². The van der Waals surface area contributed by atoms with Crippen molar-refractivity contribution in [2.24, 2.45) is 0 Å². The normalized spacial score (nSPS) is 11.3. The number of rotatable bonds is 2. The van der Waals surface area contributed by atoms with E-state index in [1.807, 2.05) is 60.7 Å². The van der Waals surface area contributed by atoms with E-state index >= 15 is 0 Å². The van der Waals surface area contributed by atoms with Crippen molar-refractivity contribution >= 4 is 32.3 Å². The van der Waals surface area contributed by atoms with Gasteiger partial charge < -0.3 is 14.9 Å². The summed E-state index contributed by atoms with van der Waals surface area (Å²) in [7, 11) is 0. The molecule has 0 radical (unpaired) electrons. The minimum Gasteiger partial charge on any atom is -0.507 e. The monoisotopic (exact) mass is 352 g/mol. The largest absolute Gasteiger partial charge is 0.507 e. The zero-order valence-corrected chi connectivity index (χ0v) is 14.4. The first-order valence-corrected chi connectivity index (χ1v) is 8.74. The topological polar surface area (TPSA) is 49.7 Å². The van der Waals surface area contributed by atoms with E-state index in [2.05, 4.69) is 0 Å². The molecule has 0 aliphatic rings. The maximum absolute atomic E-state index is 10.9. The first-order valence-electron chi connectivity index (χ1n) is 8.74. The van der Waals surface area contributed by atoms with E-state index in [9.17, 15) is 10.2 Å². The Morgan fingerprint density at radius 1 is 0.556 bits per heavy atom. The van der Waals surface area contributed by atoms with Gasteiger partial charge >= 0.3 is 0 Å². The Balaban J connectivity index is 1.73. The highest BCUT2D eigenvalue weighted by Crippen LogP contribution is 2.46. The lowest BCUT2D eigenvalue weighted by Gasteiger charge is -2.14. The molecule has 0 aliphatic heterocycles. The quantitative estimate of drug-likeness (QED) is 0.287. The van der Waals surface area contributed by atoms with Crippen LogP contribution in [0.2, 0.25) is 0 Å². The van der Waals surface area contributed by atoms with E-state index in [4.69, 9.17) is 4.74 Å². The van der Waals surface area contributed by atoms with E-state index in [1.165, 1.54) is 0 Å². The fourth-order valence-electron chi connectivity index (χ4n) is 3.59. The highest BCUT2D eigenvalue weighted by atomic mass is 16.5. The molecule has 0 amide bonds. The molecule has 5 aromatic rings. The van der Waals surface area contributed by atoms with Crippen molar-refractivity contribution in [2.45, 2.75) is 0 Å². The van der Waals surface area contributed by atoms with E-state index in [0.717, 1.165) is 10.8 Å². The molecule has 3 heteroatoms. The zero-order chi connectivity index (χ0) is 18.4. The summed E-state index contributed by atoms with van der Waals surface area (Å²) in [6.45, 7) is 0. The van der Waals surface area contributed by atoms with Crippen LogP contribution in [0.4, 0.5) is 0 Å². The molecule has 5 rings (SSSR count). The molecule has 0 fully saturated rings. The van der Waals surface area contributed by atoms with Crippen LogP contribution in [0.25, 0.3) is 32.3 Å². The van der Waals surface area contributed by atoms with E-state index in [0.29, 0.717) is 33.0 Å². The minimum atomic E-state index is 0.106. The van der Waals surface area contributed by atoms with Crippen molar-refractivity contribution < 1.29 is 14.9 Å². The third kappa shape index (κ3) is 2.44. The fourth-order valence-corrected chi connectivity index (χ4v) is 3.59. The molecule has 0 saturated heterocycles. The van der Waals surface area contributed by atoms with Gasteiger partial charge in [0.15, 0.2) is 0 Å². The van der Waals surface area contributed by atoms with Crippen LogP contribution in [-0.4, -0.2) is 10.2 Å². The predicted octanol–water partition coefficient (Wildman–Crippen LogP) is 6.35. The van der Waals surface area contributed by atoms with Gasteiger partial charge in [0.2, 0.25) is 0 Å². The summed E-state index contributed by atoms with van der Waals surface area (Å²) in [5.74, 6) is 1.42. The zero-order valence-electron chi connectivity index (χ0n) is 14.4. The van der Waals surface area contributed by atoms with Crippen LogP contribution in [0.5, 0.6) is 23.0 Å². The maximum Gasteiger partial charge on any atom is 0.139 e. The molecule has 0 heterocycles. The van der Waals surface area contributed by atoms with Gasteiger partial charge in [-0.2, -0.15) is 0 Å². The molecule has 0 unspecified atom stereocenters. The lowest BCUT2D eigenvalue weighted by molar-refractivity contribution is 0.467. The summed E-state index contributed by atoms with van der Waals surface area (Å²) in [6.07, 6.45) is 0. The summed E-state index contributed by atoms with van der Waals surface area (Å²) in [5, 5.41) is 26.1. The van der Waals surface area contributed by atoms with Crippen LogP contribution in [0.15, 0.2) is 84.9 Å². The van der Waals surface area contributed by atoms with Crippen molar-refractivity contribution in [2.75, 3.05) is 0 Å². The van der Waals surface area contributed by atoms with Crippen LogP contribution in [0.1, 0.15) is 0 Å². The number of hydrogen-bond donors (Lipinski definition) is 2. The summed E-state index contributed by atoms with van der Waals surface area (Å²) < 4.78 is 6.11. The fraction of sp³-hybridized carbons (Fsp3) is 0. The van der Waals surface area contributed by atoms with Crippen LogP contribution < -0.4 is 4.74 Å². The predicted molar refractivity (Wildman–Crippen MR) is 109 cm³/mol. The molecule has 2 N–H and O–H groups in total. The van der Waals surface area contributed by atoms with Gasteiger partial charge in [-0.05, 0) is 29.0 Å². The van der Waals surface area contributed by atoms with Gasteiger partial charge in [-0.25, -0.2) is 0 Å². The number of hydrogen-bond acceptors (Lipinski definition) is 3. The van der Waals surface area contributed by atoms with Gasteiger partial charge in [-0.1, -0.05) is 66.7 Å². The van der Waals surface area contributed by atoms with Gasteiger partial charge in [-0.15, -0.1) is 0 Å². The Hall–Kier alpha value is -3.72. The molecule has 5 aromatic carbocycles. The van der Waals surface area contributed by atoms with Crippen molar-refractivity contribution in [3.63, 3.8) is 0 Å². The molecule has 3 nitrogen and oxygen atoms in total. The second kappa shape index (κ2) is 5.92. The first-order chi connectivity index (χ1) is 13.2. The molecule has 130 valence electrons. The molecule has 0 aromatic heterocycles. The van der Waals surface area contributed by atoms with E-state index < -0.39 is 0 Å². The lowest BCUT2D eigenvalue weighted by Crippen LogP contribution is -1.88. The summed E-state index contributed by atoms with van der Waals surface area (Å²) in [5.41, 5.74) is 0. The Bertz CT molecular complexity index is 1320. The van der Waals surface area contributed by atoms with Crippen molar-refractivity contribution in [3.05, 3.63) is 84.9 Å². The molecule has 27 heavy (non-hydrogen) atoms. The van der Waals surface area contributed by atoms with Crippen LogP contribution in [-0.2, 0) is 0 Å². The Morgan fingerprint density at radius 2 is 1.22 bits per heavy atom. The summed E-state index contributed by atoms with van der Waals surface area (Å²) in [4.78, 5) is 0. The Kier molecular flexibility index (Phi) is 3.41. The smallest absolute Gasteiger partial charge is 0.139 e. The van der Waals surface area contributed by atoms with Gasteiger partial charge in [0.05, 0.1) is 5.39 Å². The summed E-state index contributed by atoms with van der Waals surface area (Å²) in [6, 6.07) is 26.6. The van der Waals surface area contributed by atoms with Gasteiger partial charge in [-0.3, -0.25) is 0 Å². The number of aromatic hydroxyl groups is 2. The average Bonchev–Trinajstić information content (AvgIpc) is 2.72. The van der Waals surface area contributed by atoms with E-state index in [1.54, 1.807) is 24.3 Å². The molecule has 0 saturated carbocycles. The molecular weight excluding hydrogens is 336 g/mol. The molecule has 0 aliphatic carbocycles. The molecular formula is C24H16O3. The SMILES string of the molecule is Oc1c2ccccc2c(O)c2c(Oc3ccc4ccccc4c3)cccc12. The average molecular weight is 352 g/mol. The number of ether oxygens (including phenoxy) is 1. The van der Waals surface area contributed by atoms with Crippen LogP contribution in [0, 0.1) is 0 Å². The standard InChI is InChI=1S/C24H16O3/c25-23-18-8-3-4-9-19(18)24(26)22-20(23)10-5-11-21(22)27-17-13-12-15-6-1-2-7-16(15)14-17/h1-14,25-26H. The number of phenols is 2. The van der Waals surface area contributed by atoms with Crippen molar-refractivity contribution in [1.82, 2.24) is 0 Å². The van der Waals surface area contributed by atoms with E-state index in [-0.39, 0.29) is 11.5 Å². The lowest BCUT2D eigenvalue weighted by atomic mass is 10.00. The highest BCUT2D eigenvalue weighted by Gasteiger charge is 2.16. The maximum atomic E-state index is 10.9. The summed E-state index contributed by atoms with van der Waals surface area (Å²) >= 11 is 0. The highest BCUT2D eigenvalue weighted by molar-refractivity contribution is 6.12. The third-order valence-electron chi connectivity index (χ3n) is 4.90. The van der Waals surface area contributed by atoms with Gasteiger partial charge in [0.25, 0.3) is 0 Å². The van der Waals surface area contributed by atoms with Gasteiger partial charge in [0, 0.05) is 16.2 Å². The second-order valence-electron chi connectivity index (χ2n) is 6.53. The third-order valence-corrected chi connectivity index (χ3v) is 4.90. The van der Waals surface area contributed by atoms with Gasteiger partial charge in [0.1, 0.15) is 23.0 Å². The minimum absolute atomic E-state index is 0.106. The number of phenolic OH excluding ortho intramolecular Hbond substituents is 2. The van der Waals surface area contributed by atoms with Crippen LogP contribution in [0.3, 0.4) is 0 Å². The number of benzene rings is 5. The second-order valence-corrected chi connectivity index (χ2v) is 6.53. The molecule has 0 atom stereocenters. The Morgan fingerprint density at radius 3 is 2.04 bits per heavy atom. The van der Waals surface area contributed by atoms with Crippen molar-refractivity contribution in [3.8, 4) is 23.0 Å². The van der Waals surface area contributed by atoms with Crippen molar-refractivity contribution in [1.29, 1.82) is 0 Å².